The third-order valence-electron chi connectivity index (χ3n) is 4.14. The number of nitrogens with two attached hydrogens (primary N) is 1. The fourth-order valence-electron chi connectivity index (χ4n) is 3.00. The van der Waals surface area contributed by atoms with Gasteiger partial charge in [-0.25, -0.2) is 4.79 Å². The number of hydrogen-bond acceptors (Lipinski definition) is 11. The van der Waals surface area contributed by atoms with Crippen LogP contribution in [0.2, 0.25) is 0 Å². The number of carbonyl (C=O) groups is 4. The summed E-state index contributed by atoms with van der Waals surface area (Å²) in [4.78, 5) is 46.7. The lowest BCUT2D eigenvalue weighted by Crippen LogP contribution is -2.64. The Hall–Kier alpha value is -3.38. The Morgan fingerprint density at radius 1 is 0.968 bits per heavy atom. The molecule has 4 N–H and O–H groups in total. The van der Waals surface area contributed by atoms with Gasteiger partial charge in [-0.05, 0) is 17.7 Å². The molecule has 1 aliphatic rings. The number of hydrogen-bond donors (Lipinski definition) is 3. The first-order chi connectivity index (χ1) is 14.5. The molecule has 0 spiro atoms. The van der Waals surface area contributed by atoms with Crippen molar-refractivity contribution in [1.82, 2.24) is 0 Å². The summed E-state index contributed by atoms with van der Waals surface area (Å²) in [5, 5.41) is 18.8. The minimum Gasteiger partial charge on any atom is -0.479 e. The van der Waals surface area contributed by atoms with Crippen molar-refractivity contribution in [3.05, 3.63) is 23.8 Å². The normalized spacial score (nSPS) is 25.2. The number of carboxylic acids is 1. The maximum atomic E-state index is 11.8. The Balaban J connectivity index is 2.48. The number of ether oxygens (including phenoxy) is 5. The van der Waals surface area contributed by atoms with Crippen molar-refractivity contribution in [2.24, 2.45) is 0 Å². The van der Waals surface area contributed by atoms with Crippen molar-refractivity contribution in [2.45, 2.75) is 58.1 Å². The predicted octanol–water partition coefficient (Wildman–Crippen LogP) is -0.255. The zero-order valence-electron chi connectivity index (χ0n) is 17.0. The summed E-state index contributed by atoms with van der Waals surface area (Å²) in [6.45, 7) is 2.86. The van der Waals surface area contributed by atoms with Gasteiger partial charge in [0.05, 0.1) is 12.3 Å². The van der Waals surface area contributed by atoms with E-state index in [9.17, 15) is 29.4 Å². The molecule has 170 valence electrons. The largest absolute Gasteiger partial charge is 0.479 e. The Kier molecular flexibility index (Phi) is 7.78. The van der Waals surface area contributed by atoms with Gasteiger partial charge in [-0.2, -0.15) is 0 Å². The van der Waals surface area contributed by atoms with Crippen molar-refractivity contribution in [3.8, 4) is 5.75 Å². The molecule has 0 bridgehead atoms. The second-order valence-electron chi connectivity index (χ2n) is 6.63. The maximum Gasteiger partial charge on any atom is 0.337 e. The molecule has 1 aromatic carbocycles. The van der Waals surface area contributed by atoms with Gasteiger partial charge in [0.15, 0.2) is 18.3 Å². The molecule has 31 heavy (non-hydrogen) atoms. The van der Waals surface area contributed by atoms with Gasteiger partial charge in [-0.3, -0.25) is 14.4 Å². The summed E-state index contributed by atoms with van der Waals surface area (Å²) >= 11 is 0. The van der Waals surface area contributed by atoms with Gasteiger partial charge in [0.1, 0.15) is 5.75 Å². The van der Waals surface area contributed by atoms with Gasteiger partial charge in [0.2, 0.25) is 12.4 Å². The molecule has 0 saturated carbocycles. The lowest BCUT2D eigenvalue weighted by molar-refractivity contribution is -0.281. The molecule has 0 aliphatic carbocycles. The summed E-state index contributed by atoms with van der Waals surface area (Å²) in [7, 11) is 0. The average molecular weight is 441 g/mol. The molecule has 0 aromatic heterocycles. The number of aliphatic hydroxyl groups excluding tert-OH is 1. The number of aliphatic carboxylic acids is 1. The van der Waals surface area contributed by atoms with Crippen LogP contribution in [0, 0.1) is 0 Å². The van der Waals surface area contributed by atoms with Crippen LogP contribution in [0.15, 0.2) is 18.2 Å². The highest BCUT2D eigenvalue weighted by Gasteiger charge is 2.55. The topological polar surface area (TPSA) is 181 Å². The highest BCUT2D eigenvalue weighted by Crippen LogP contribution is 2.32. The van der Waals surface area contributed by atoms with Crippen molar-refractivity contribution in [1.29, 1.82) is 0 Å². The minimum atomic E-state index is -1.82. The predicted molar refractivity (Wildman–Crippen MR) is 100 cm³/mol. The van der Waals surface area contributed by atoms with Crippen LogP contribution in [-0.2, 0) is 44.7 Å². The van der Waals surface area contributed by atoms with E-state index in [2.05, 4.69) is 0 Å². The van der Waals surface area contributed by atoms with Crippen molar-refractivity contribution in [2.75, 3.05) is 5.73 Å². The molecule has 2 rings (SSSR count). The SMILES string of the molecule is CC(=O)OC1C(Oc2ccc(CO)cc2N)OC(C(=O)O)C(OC(C)=O)C1OC(C)=O. The number of carbonyl (C=O) groups excluding carboxylic acids is 3. The van der Waals surface area contributed by atoms with Crippen LogP contribution in [0.5, 0.6) is 5.75 Å². The number of rotatable bonds is 7. The highest BCUT2D eigenvalue weighted by atomic mass is 16.7. The van der Waals surface area contributed by atoms with Gasteiger partial charge in [0.25, 0.3) is 0 Å². The zero-order chi connectivity index (χ0) is 23.3. The monoisotopic (exact) mass is 441 g/mol. The Morgan fingerprint density at radius 2 is 1.52 bits per heavy atom. The van der Waals surface area contributed by atoms with Crippen LogP contribution >= 0.6 is 0 Å². The number of carboxylic acid groups (broad SMARTS) is 1. The molecule has 0 radical (unpaired) electrons. The first-order valence-electron chi connectivity index (χ1n) is 9.09. The molecule has 12 nitrogen and oxygen atoms in total. The fourth-order valence-corrected chi connectivity index (χ4v) is 3.00. The molecule has 1 fully saturated rings. The van der Waals surface area contributed by atoms with Gasteiger partial charge in [-0.15, -0.1) is 0 Å². The van der Waals surface area contributed by atoms with Crippen LogP contribution in [0.4, 0.5) is 5.69 Å². The Bertz CT molecular complexity index is 855. The molecule has 1 saturated heterocycles. The van der Waals surface area contributed by atoms with Crippen molar-refractivity contribution < 1.29 is 53.1 Å². The Morgan fingerprint density at radius 3 is 2.00 bits per heavy atom. The number of nitrogen functional groups attached to an aromatic ring is 1. The van der Waals surface area contributed by atoms with E-state index in [4.69, 9.17) is 29.4 Å². The first kappa shape index (κ1) is 23.9. The fraction of sp³-hybridized carbons (Fsp3) is 0.474. The van der Waals surface area contributed by atoms with Crippen LogP contribution in [-0.4, -0.2) is 64.8 Å². The summed E-state index contributed by atoms with van der Waals surface area (Å²) in [6, 6.07) is 4.30. The number of esters is 3. The smallest absolute Gasteiger partial charge is 0.337 e. The number of benzene rings is 1. The lowest BCUT2D eigenvalue weighted by atomic mass is 9.97. The second-order valence-corrected chi connectivity index (χ2v) is 6.63. The number of anilines is 1. The molecule has 12 heteroatoms. The van der Waals surface area contributed by atoms with Gasteiger partial charge >= 0.3 is 23.9 Å². The van der Waals surface area contributed by atoms with E-state index in [1.54, 1.807) is 0 Å². The molecule has 0 amide bonds. The van der Waals surface area contributed by atoms with Crippen molar-refractivity contribution >= 4 is 29.6 Å². The summed E-state index contributed by atoms with van der Waals surface area (Å²) < 4.78 is 26.4. The third kappa shape index (κ3) is 6.06. The summed E-state index contributed by atoms with van der Waals surface area (Å²) in [5.74, 6) is -4.06. The van der Waals surface area contributed by atoms with Crippen LogP contribution < -0.4 is 10.5 Å². The van der Waals surface area contributed by atoms with E-state index in [0.717, 1.165) is 20.8 Å². The van der Waals surface area contributed by atoms with E-state index in [1.807, 2.05) is 0 Å². The van der Waals surface area contributed by atoms with Crippen LogP contribution in [0.3, 0.4) is 0 Å². The summed E-state index contributed by atoms with van der Waals surface area (Å²) in [6.07, 6.45) is -8.09. The zero-order valence-corrected chi connectivity index (χ0v) is 17.0. The van der Waals surface area contributed by atoms with Crippen LogP contribution in [0.1, 0.15) is 26.3 Å². The van der Waals surface area contributed by atoms with E-state index in [-0.39, 0.29) is 18.0 Å². The quantitative estimate of drug-likeness (QED) is 0.287. The van der Waals surface area contributed by atoms with E-state index in [1.165, 1.54) is 18.2 Å². The molecule has 5 unspecified atom stereocenters. The highest BCUT2D eigenvalue weighted by molar-refractivity contribution is 5.75. The maximum absolute atomic E-state index is 11.8. The molecule has 1 aliphatic heterocycles. The lowest BCUT2D eigenvalue weighted by Gasteiger charge is -2.42. The molecular weight excluding hydrogens is 418 g/mol. The second kappa shape index (κ2) is 10.1. The van der Waals surface area contributed by atoms with Gasteiger partial charge in [-0.1, -0.05) is 6.07 Å². The molecule has 1 aromatic rings. The third-order valence-corrected chi connectivity index (χ3v) is 4.14. The standard InChI is InChI=1S/C19H23NO11/c1-8(22)27-14-15(28-9(2)23)17(29-10(3)24)19(31-16(14)18(25)26)30-13-5-4-11(7-21)6-12(13)20/h4-6,14-17,19,21H,7,20H2,1-3H3,(H,25,26). The van der Waals surface area contributed by atoms with Crippen LogP contribution in [0.25, 0.3) is 0 Å². The summed E-state index contributed by atoms with van der Waals surface area (Å²) in [5.41, 5.74) is 6.46. The minimum absolute atomic E-state index is 0.0241. The van der Waals surface area contributed by atoms with Gasteiger partial charge in [0, 0.05) is 20.8 Å². The van der Waals surface area contributed by atoms with Gasteiger partial charge < -0.3 is 39.6 Å². The molecule has 1 heterocycles. The average Bonchev–Trinajstić information content (AvgIpc) is 2.66. The number of aliphatic hydroxyl groups is 1. The molecule has 5 atom stereocenters. The van der Waals surface area contributed by atoms with E-state index in [0.29, 0.717) is 5.56 Å². The molecular formula is C19H23NO11. The Labute approximate surface area is 176 Å². The van der Waals surface area contributed by atoms with E-state index >= 15 is 0 Å². The van der Waals surface area contributed by atoms with E-state index < -0.39 is 54.6 Å². The first-order valence-corrected chi connectivity index (χ1v) is 9.09. The van der Waals surface area contributed by atoms with Crippen molar-refractivity contribution in [3.63, 3.8) is 0 Å².